The first-order chi connectivity index (χ1) is 8.72. The van der Waals surface area contributed by atoms with E-state index in [1.165, 1.54) is 12.8 Å². The lowest BCUT2D eigenvalue weighted by Crippen LogP contribution is -2.37. The van der Waals surface area contributed by atoms with E-state index >= 15 is 0 Å². The first-order valence-electron chi connectivity index (χ1n) is 6.51. The van der Waals surface area contributed by atoms with E-state index in [-0.39, 0.29) is 5.75 Å². The molecule has 0 radical (unpaired) electrons. The van der Waals surface area contributed by atoms with Gasteiger partial charge in [0, 0.05) is 13.1 Å². The van der Waals surface area contributed by atoms with Crippen LogP contribution >= 0.6 is 0 Å². The molecule has 4 nitrogen and oxygen atoms in total. The maximum absolute atomic E-state index is 9.76. The summed E-state index contributed by atoms with van der Waals surface area (Å²) in [6.45, 7) is 3.81. The van der Waals surface area contributed by atoms with Crippen molar-refractivity contribution in [2.24, 2.45) is 11.7 Å². The third-order valence-corrected chi connectivity index (χ3v) is 3.59. The number of nitrogens with two attached hydrogens (primary N) is 1. The summed E-state index contributed by atoms with van der Waals surface area (Å²) < 4.78 is 5.04. The number of phenolic OH excluding ortho intramolecular Hbond substituents is 1. The molecule has 100 valence electrons. The van der Waals surface area contributed by atoms with Gasteiger partial charge in [0.15, 0.2) is 11.5 Å². The molecule has 2 rings (SSSR count). The Morgan fingerprint density at radius 3 is 3.00 bits per heavy atom. The van der Waals surface area contributed by atoms with Gasteiger partial charge < -0.3 is 15.6 Å². The zero-order valence-corrected chi connectivity index (χ0v) is 10.9. The van der Waals surface area contributed by atoms with Gasteiger partial charge in [-0.2, -0.15) is 0 Å². The standard InChI is InChI=1S/C14H22N2O2/c1-18-14-5-4-11(7-13(14)17)9-16-6-2-3-12(8-15)10-16/h4-5,7,12,17H,2-3,6,8-10,15H2,1H3. The van der Waals surface area contributed by atoms with Crippen molar-refractivity contribution in [2.75, 3.05) is 26.7 Å². The van der Waals surface area contributed by atoms with Gasteiger partial charge in [-0.1, -0.05) is 6.07 Å². The number of ether oxygens (including phenoxy) is 1. The quantitative estimate of drug-likeness (QED) is 0.851. The predicted molar refractivity (Wildman–Crippen MR) is 71.7 cm³/mol. The summed E-state index contributed by atoms with van der Waals surface area (Å²) >= 11 is 0. The fraction of sp³-hybridized carbons (Fsp3) is 0.571. The summed E-state index contributed by atoms with van der Waals surface area (Å²) in [5, 5.41) is 9.76. The molecule has 1 aliphatic heterocycles. The molecule has 1 aromatic carbocycles. The van der Waals surface area contributed by atoms with Crippen molar-refractivity contribution in [3.63, 3.8) is 0 Å². The van der Waals surface area contributed by atoms with Crippen molar-refractivity contribution in [3.8, 4) is 11.5 Å². The minimum atomic E-state index is 0.211. The first-order valence-corrected chi connectivity index (χ1v) is 6.51. The van der Waals surface area contributed by atoms with Crippen LogP contribution in [0.25, 0.3) is 0 Å². The third-order valence-electron chi connectivity index (χ3n) is 3.59. The van der Waals surface area contributed by atoms with Gasteiger partial charge in [0.25, 0.3) is 0 Å². The highest BCUT2D eigenvalue weighted by Gasteiger charge is 2.18. The van der Waals surface area contributed by atoms with Crippen LogP contribution in [-0.4, -0.2) is 36.8 Å². The molecule has 1 aliphatic rings. The normalized spacial score (nSPS) is 20.9. The van der Waals surface area contributed by atoms with Crippen LogP contribution in [0.5, 0.6) is 11.5 Å². The number of hydrogen-bond acceptors (Lipinski definition) is 4. The molecule has 1 aromatic rings. The van der Waals surface area contributed by atoms with Crippen LogP contribution in [0.4, 0.5) is 0 Å². The number of likely N-dealkylation sites (tertiary alicyclic amines) is 1. The van der Waals surface area contributed by atoms with Gasteiger partial charge in [0.1, 0.15) is 0 Å². The van der Waals surface area contributed by atoms with Gasteiger partial charge in [-0.3, -0.25) is 4.90 Å². The van der Waals surface area contributed by atoms with Crippen LogP contribution in [0.2, 0.25) is 0 Å². The van der Waals surface area contributed by atoms with Gasteiger partial charge in [-0.15, -0.1) is 0 Å². The number of benzene rings is 1. The van der Waals surface area contributed by atoms with Crippen LogP contribution < -0.4 is 10.5 Å². The highest BCUT2D eigenvalue weighted by Crippen LogP contribution is 2.27. The smallest absolute Gasteiger partial charge is 0.160 e. The van der Waals surface area contributed by atoms with Crippen molar-refractivity contribution in [3.05, 3.63) is 23.8 Å². The molecule has 3 N–H and O–H groups in total. The van der Waals surface area contributed by atoms with E-state index in [0.29, 0.717) is 11.7 Å². The second-order valence-electron chi connectivity index (χ2n) is 4.99. The van der Waals surface area contributed by atoms with Crippen molar-refractivity contribution in [2.45, 2.75) is 19.4 Å². The number of aromatic hydroxyl groups is 1. The van der Waals surface area contributed by atoms with Crippen LogP contribution in [0, 0.1) is 5.92 Å². The lowest BCUT2D eigenvalue weighted by molar-refractivity contribution is 0.171. The number of nitrogens with zero attached hydrogens (tertiary/aromatic N) is 1. The second-order valence-corrected chi connectivity index (χ2v) is 4.99. The van der Waals surface area contributed by atoms with Crippen molar-refractivity contribution >= 4 is 0 Å². The molecule has 0 amide bonds. The molecule has 0 aromatic heterocycles. The molecule has 18 heavy (non-hydrogen) atoms. The summed E-state index contributed by atoms with van der Waals surface area (Å²) in [7, 11) is 1.56. The molecule has 0 aliphatic carbocycles. The molecular formula is C14H22N2O2. The Kier molecular flexibility index (Phi) is 4.44. The lowest BCUT2D eigenvalue weighted by atomic mass is 9.98. The number of piperidine rings is 1. The van der Waals surface area contributed by atoms with E-state index in [0.717, 1.165) is 31.7 Å². The van der Waals surface area contributed by atoms with Crippen molar-refractivity contribution in [1.29, 1.82) is 0 Å². The molecule has 1 fully saturated rings. The zero-order chi connectivity index (χ0) is 13.0. The van der Waals surface area contributed by atoms with E-state index in [2.05, 4.69) is 4.90 Å². The Labute approximate surface area is 108 Å². The fourth-order valence-electron chi connectivity index (χ4n) is 2.58. The average molecular weight is 250 g/mol. The SMILES string of the molecule is COc1ccc(CN2CCCC(CN)C2)cc1O. The van der Waals surface area contributed by atoms with Crippen molar-refractivity contribution < 1.29 is 9.84 Å². The van der Waals surface area contributed by atoms with E-state index in [1.807, 2.05) is 12.1 Å². The highest BCUT2D eigenvalue weighted by molar-refractivity contribution is 5.41. The summed E-state index contributed by atoms with van der Waals surface area (Å²) in [6.07, 6.45) is 2.45. The zero-order valence-electron chi connectivity index (χ0n) is 10.9. The predicted octanol–water partition coefficient (Wildman–Crippen LogP) is 1.57. The molecule has 1 heterocycles. The summed E-state index contributed by atoms with van der Waals surface area (Å²) in [5.41, 5.74) is 6.85. The molecule has 1 atom stereocenters. The molecule has 4 heteroatoms. The average Bonchev–Trinajstić information content (AvgIpc) is 2.39. The Hall–Kier alpha value is -1.26. The molecule has 0 spiro atoms. The van der Waals surface area contributed by atoms with Crippen LogP contribution in [0.15, 0.2) is 18.2 Å². The minimum absolute atomic E-state index is 0.211. The van der Waals surface area contributed by atoms with E-state index in [4.69, 9.17) is 10.5 Å². The molecule has 0 bridgehead atoms. The molecule has 1 saturated heterocycles. The second kappa shape index (κ2) is 6.07. The van der Waals surface area contributed by atoms with E-state index < -0.39 is 0 Å². The Morgan fingerprint density at radius 1 is 1.50 bits per heavy atom. The largest absolute Gasteiger partial charge is 0.504 e. The topological polar surface area (TPSA) is 58.7 Å². The summed E-state index contributed by atoms with van der Waals surface area (Å²) in [6, 6.07) is 5.60. The van der Waals surface area contributed by atoms with Gasteiger partial charge in [-0.05, 0) is 49.5 Å². The minimum Gasteiger partial charge on any atom is -0.504 e. The molecule has 1 unspecified atom stereocenters. The summed E-state index contributed by atoms with van der Waals surface area (Å²) in [4.78, 5) is 2.41. The van der Waals surface area contributed by atoms with Gasteiger partial charge in [0.2, 0.25) is 0 Å². The highest BCUT2D eigenvalue weighted by atomic mass is 16.5. The molecular weight excluding hydrogens is 228 g/mol. The monoisotopic (exact) mass is 250 g/mol. The number of rotatable bonds is 4. The van der Waals surface area contributed by atoms with Crippen LogP contribution in [0.3, 0.4) is 0 Å². The first kappa shape index (κ1) is 13.2. The maximum Gasteiger partial charge on any atom is 0.160 e. The lowest BCUT2D eigenvalue weighted by Gasteiger charge is -2.32. The maximum atomic E-state index is 9.76. The van der Waals surface area contributed by atoms with Gasteiger partial charge in [0.05, 0.1) is 7.11 Å². The third kappa shape index (κ3) is 3.15. The van der Waals surface area contributed by atoms with Crippen LogP contribution in [0.1, 0.15) is 18.4 Å². The fourth-order valence-corrected chi connectivity index (χ4v) is 2.58. The van der Waals surface area contributed by atoms with E-state index in [1.54, 1.807) is 13.2 Å². The van der Waals surface area contributed by atoms with E-state index in [9.17, 15) is 5.11 Å². The Bertz CT molecular complexity index is 395. The summed E-state index contributed by atoms with van der Waals surface area (Å²) in [5.74, 6) is 1.35. The molecule has 0 saturated carbocycles. The van der Waals surface area contributed by atoms with Gasteiger partial charge >= 0.3 is 0 Å². The Balaban J connectivity index is 1.98. The van der Waals surface area contributed by atoms with Gasteiger partial charge in [-0.25, -0.2) is 0 Å². The number of methoxy groups -OCH3 is 1. The Morgan fingerprint density at radius 2 is 2.33 bits per heavy atom. The van der Waals surface area contributed by atoms with Crippen molar-refractivity contribution in [1.82, 2.24) is 4.90 Å². The number of phenols is 1. The van der Waals surface area contributed by atoms with Crippen LogP contribution in [-0.2, 0) is 6.54 Å². The number of hydrogen-bond donors (Lipinski definition) is 2.